The van der Waals surface area contributed by atoms with Crippen molar-refractivity contribution in [3.63, 3.8) is 0 Å². The normalized spacial score (nSPS) is 19.1. The van der Waals surface area contributed by atoms with Crippen LogP contribution in [0.2, 0.25) is 0 Å². The standard InChI is InChI=1S/C18H27NO2/c1-14(20)18(21-13-16-10-6-3-7-11-16)17(19)12-15-8-4-2-5-9-15/h3,6-7,10-11,15,17-18H,2,4-5,8-9,12-13,19H2,1H3. The lowest BCUT2D eigenvalue weighted by molar-refractivity contribution is -0.130. The molecule has 0 aliphatic heterocycles. The summed E-state index contributed by atoms with van der Waals surface area (Å²) in [5, 5.41) is 0. The van der Waals surface area contributed by atoms with E-state index in [1.165, 1.54) is 32.1 Å². The molecule has 21 heavy (non-hydrogen) atoms. The lowest BCUT2D eigenvalue weighted by Crippen LogP contribution is -2.43. The molecule has 1 aliphatic carbocycles. The minimum Gasteiger partial charge on any atom is -0.364 e. The zero-order chi connectivity index (χ0) is 15.1. The van der Waals surface area contributed by atoms with Gasteiger partial charge in [-0.15, -0.1) is 0 Å². The van der Waals surface area contributed by atoms with Gasteiger partial charge in [0.1, 0.15) is 6.10 Å². The molecule has 2 atom stereocenters. The van der Waals surface area contributed by atoms with E-state index in [9.17, 15) is 4.79 Å². The third kappa shape index (κ3) is 5.25. The number of nitrogens with two attached hydrogens (primary N) is 1. The molecule has 2 rings (SSSR count). The number of hydrogen-bond donors (Lipinski definition) is 1. The fraction of sp³-hybridized carbons (Fsp3) is 0.611. The second-order valence-electron chi connectivity index (χ2n) is 6.23. The van der Waals surface area contributed by atoms with Gasteiger partial charge in [0.05, 0.1) is 6.61 Å². The van der Waals surface area contributed by atoms with E-state index in [1.54, 1.807) is 6.92 Å². The van der Waals surface area contributed by atoms with Crippen LogP contribution in [0.25, 0.3) is 0 Å². The molecule has 0 amide bonds. The molecule has 3 nitrogen and oxygen atoms in total. The average Bonchev–Trinajstić information content (AvgIpc) is 2.49. The number of benzene rings is 1. The molecule has 1 fully saturated rings. The van der Waals surface area contributed by atoms with Gasteiger partial charge in [-0.05, 0) is 24.8 Å². The van der Waals surface area contributed by atoms with Crippen LogP contribution < -0.4 is 5.73 Å². The molecular formula is C18H27NO2. The monoisotopic (exact) mass is 289 g/mol. The van der Waals surface area contributed by atoms with Crippen LogP contribution in [0.3, 0.4) is 0 Å². The Hall–Kier alpha value is -1.19. The van der Waals surface area contributed by atoms with Crippen molar-refractivity contribution >= 4 is 5.78 Å². The van der Waals surface area contributed by atoms with Crippen molar-refractivity contribution < 1.29 is 9.53 Å². The van der Waals surface area contributed by atoms with Crippen LogP contribution in [0, 0.1) is 5.92 Å². The van der Waals surface area contributed by atoms with Crippen LogP contribution >= 0.6 is 0 Å². The first-order valence-electron chi connectivity index (χ1n) is 8.08. The van der Waals surface area contributed by atoms with Crippen LogP contribution in [0.15, 0.2) is 30.3 Å². The van der Waals surface area contributed by atoms with Crippen molar-refractivity contribution in [1.82, 2.24) is 0 Å². The fourth-order valence-electron chi connectivity index (χ4n) is 3.23. The van der Waals surface area contributed by atoms with Gasteiger partial charge in [-0.3, -0.25) is 4.79 Å². The molecule has 0 spiro atoms. The van der Waals surface area contributed by atoms with Crippen LogP contribution in [0.1, 0.15) is 51.0 Å². The highest BCUT2D eigenvalue weighted by atomic mass is 16.5. The summed E-state index contributed by atoms with van der Waals surface area (Å²) in [5.41, 5.74) is 7.35. The maximum absolute atomic E-state index is 11.8. The van der Waals surface area contributed by atoms with Gasteiger partial charge in [0.2, 0.25) is 0 Å². The van der Waals surface area contributed by atoms with Crippen molar-refractivity contribution in [2.24, 2.45) is 11.7 Å². The number of carbonyl (C=O) groups excluding carboxylic acids is 1. The molecule has 2 N–H and O–H groups in total. The highest BCUT2D eigenvalue weighted by molar-refractivity contribution is 5.81. The Kier molecular flexibility index (Phi) is 6.40. The van der Waals surface area contributed by atoms with Crippen LogP contribution in [-0.4, -0.2) is 17.9 Å². The van der Waals surface area contributed by atoms with Crippen LogP contribution in [0.4, 0.5) is 0 Å². The minimum absolute atomic E-state index is 0.0363. The van der Waals surface area contributed by atoms with Gasteiger partial charge < -0.3 is 10.5 Å². The molecule has 1 aromatic rings. The molecular weight excluding hydrogens is 262 g/mol. The molecule has 1 saturated carbocycles. The molecule has 1 aliphatic rings. The maximum atomic E-state index is 11.8. The number of hydrogen-bond acceptors (Lipinski definition) is 3. The quantitative estimate of drug-likeness (QED) is 0.836. The highest BCUT2D eigenvalue weighted by Gasteiger charge is 2.26. The lowest BCUT2D eigenvalue weighted by atomic mass is 9.83. The Morgan fingerprint density at radius 3 is 2.52 bits per heavy atom. The fourth-order valence-corrected chi connectivity index (χ4v) is 3.23. The highest BCUT2D eigenvalue weighted by Crippen LogP contribution is 2.28. The van der Waals surface area contributed by atoms with E-state index >= 15 is 0 Å². The van der Waals surface area contributed by atoms with E-state index in [2.05, 4.69) is 0 Å². The zero-order valence-corrected chi connectivity index (χ0v) is 13.0. The summed E-state index contributed by atoms with van der Waals surface area (Å²) in [5.74, 6) is 0.699. The third-order valence-corrected chi connectivity index (χ3v) is 4.39. The SMILES string of the molecule is CC(=O)C(OCc1ccccc1)C(N)CC1CCCCC1. The smallest absolute Gasteiger partial charge is 0.160 e. The van der Waals surface area contributed by atoms with E-state index < -0.39 is 6.10 Å². The summed E-state index contributed by atoms with van der Waals surface area (Å²) >= 11 is 0. The summed E-state index contributed by atoms with van der Waals surface area (Å²) < 4.78 is 5.82. The molecule has 116 valence electrons. The van der Waals surface area contributed by atoms with Gasteiger partial charge in [0, 0.05) is 6.04 Å². The first-order valence-corrected chi connectivity index (χ1v) is 8.08. The van der Waals surface area contributed by atoms with Crippen LogP contribution in [0.5, 0.6) is 0 Å². The summed E-state index contributed by atoms with van der Waals surface area (Å²) in [7, 11) is 0. The molecule has 3 heteroatoms. The second-order valence-corrected chi connectivity index (χ2v) is 6.23. The predicted molar refractivity (Wildman–Crippen MR) is 84.9 cm³/mol. The number of carbonyl (C=O) groups is 1. The van der Waals surface area contributed by atoms with E-state index in [-0.39, 0.29) is 11.8 Å². The van der Waals surface area contributed by atoms with Crippen molar-refractivity contribution in [2.75, 3.05) is 0 Å². The van der Waals surface area contributed by atoms with Gasteiger partial charge in [-0.25, -0.2) is 0 Å². The average molecular weight is 289 g/mol. The number of ether oxygens (including phenoxy) is 1. The van der Waals surface area contributed by atoms with E-state index in [0.717, 1.165) is 12.0 Å². The van der Waals surface area contributed by atoms with E-state index in [1.807, 2.05) is 30.3 Å². The zero-order valence-electron chi connectivity index (χ0n) is 13.0. The molecule has 0 saturated heterocycles. The molecule has 0 heterocycles. The number of ketones is 1. The minimum atomic E-state index is -0.480. The topological polar surface area (TPSA) is 52.3 Å². The molecule has 2 unspecified atom stereocenters. The van der Waals surface area contributed by atoms with Gasteiger partial charge in [0.15, 0.2) is 5.78 Å². The van der Waals surface area contributed by atoms with Gasteiger partial charge in [-0.1, -0.05) is 62.4 Å². The first kappa shape index (κ1) is 16.2. The van der Waals surface area contributed by atoms with Crippen LogP contribution in [-0.2, 0) is 16.1 Å². The third-order valence-electron chi connectivity index (χ3n) is 4.39. The van der Waals surface area contributed by atoms with E-state index in [4.69, 9.17) is 10.5 Å². The Morgan fingerprint density at radius 1 is 1.24 bits per heavy atom. The predicted octanol–water partition coefficient (Wildman–Crippen LogP) is 3.46. The second kappa shape index (κ2) is 8.30. The van der Waals surface area contributed by atoms with Gasteiger partial charge >= 0.3 is 0 Å². The van der Waals surface area contributed by atoms with Crippen molar-refractivity contribution in [1.29, 1.82) is 0 Å². The van der Waals surface area contributed by atoms with Crippen molar-refractivity contribution in [3.8, 4) is 0 Å². The maximum Gasteiger partial charge on any atom is 0.160 e. The molecule has 1 aromatic carbocycles. The van der Waals surface area contributed by atoms with Gasteiger partial charge in [-0.2, -0.15) is 0 Å². The Bertz CT molecular complexity index is 426. The van der Waals surface area contributed by atoms with Crippen molar-refractivity contribution in [2.45, 2.75) is 64.2 Å². The summed E-state index contributed by atoms with van der Waals surface area (Å²) in [4.78, 5) is 11.8. The largest absolute Gasteiger partial charge is 0.364 e. The molecule has 0 radical (unpaired) electrons. The summed E-state index contributed by atoms with van der Waals surface area (Å²) in [6.45, 7) is 2.03. The lowest BCUT2D eigenvalue weighted by Gasteiger charge is -2.28. The van der Waals surface area contributed by atoms with Gasteiger partial charge in [0.25, 0.3) is 0 Å². The summed E-state index contributed by atoms with van der Waals surface area (Å²) in [6.07, 6.45) is 6.85. The Labute approximate surface area is 127 Å². The number of Topliss-reactive ketones (excluding diaryl/α,β-unsaturated/α-hetero) is 1. The Balaban J connectivity index is 1.86. The number of rotatable bonds is 7. The van der Waals surface area contributed by atoms with Crippen molar-refractivity contribution in [3.05, 3.63) is 35.9 Å². The Morgan fingerprint density at radius 2 is 1.90 bits per heavy atom. The first-order chi connectivity index (χ1) is 10.2. The molecule has 0 aromatic heterocycles. The summed E-state index contributed by atoms with van der Waals surface area (Å²) in [6, 6.07) is 9.75. The molecule has 0 bridgehead atoms. The van der Waals surface area contributed by atoms with E-state index in [0.29, 0.717) is 12.5 Å².